The summed E-state index contributed by atoms with van der Waals surface area (Å²) in [5.74, 6) is -0.562. The Bertz CT molecular complexity index is 1080. The summed E-state index contributed by atoms with van der Waals surface area (Å²) >= 11 is 0. The van der Waals surface area contributed by atoms with Gasteiger partial charge in [-0.25, -0.2) is 4.21 Å². The molecule has 1 aliphatic heterocycles. The standard InChI is InChI=1S/C22H21N3O3S/c23-22(26)18-7-8-20-21(11-18)29(27)25-19-6-2-5-17(10-19)14-28-13-16-4-1-3-15(9-16)12-24-20/h1-11,24-25H,12-14H2,(H2,23,26). The van der Waals surface area contributed by atoms with E-state index in [9.17, 15) is 9.00 Å². The van der Waals surface area contributed by atoms with E-state index in [-0.39, 0.29) is 0 Å². The number of nitrogens with two attached hydrogens (primary N) is 1. The summed E-state index contributed by atoms with van der Waals surface area (Å²) in [7, 11) is -1.59. The number of nitrogens with one attached hydrogen (secondary N) is 2. The molecule has 1 unspecified atom stereocenters. The Labute approximate surface area is 171 Å². The highest BCUT2D eigenvalue weighted by Crippen LogP contribution is 2.25. The van der Waals surface area contributed by atoms with Crippen LogP contribution in [0, 0.1) is 0 Å². The number of carbonyl (C=O) groups excluding carboxylic acids is 1. The number of fused-ring (bicyclic) bond motifs is 5. The first-order valence-corrected chi connectivity index (χ1v) is 10.3. The fourth-order valence-corrected chi connectivity index (χ4v) is 4.20. The van der Waals surface area contributed by atoms with Crippen molar-refractivity contribution in [3.05, 3.63) is 89.0 Å². The molecule has 3 aromatic carbocycles. The first-order chi connectivity index (χ1) is 14.1. The highest BCUT2D eigenvalue weighted by atomic mass is 32.2. The highest BCUT2D eigenvalue weighted by Gasteiger charge is 2.14. The SMILES string of the molecule is NC(=O)c1ccc2c(c1)S(=O)Nc1cccc(c1)COCc1cccc(c1)CN2. The number of hydrogen-bond donors (Lipinski definition) is 3. The lowest BCUT2D eigenvalue weighted by atomic mass is 10.1. The van der Waals surface area contributed by atoms with Gasteiger partial charge in [0, 0.05) is 17.8 Å². The zero-order valence-corrected chi connectivity index (χ0v) is 16.5. The molecule has 1 aliphatic rings. The minimum Gasteiger partial charge on any atom is -0.380 e. The van der Waals surface area contributed by atoms with Gasteiger partial charge in [-0.05, 0) is 47.0 Å². The predicted octanol–water partition coefficient (Wildman–Crippen LogP) is 3.56. The second-order valence-electron chi connectivity index (χ2n) is 6.81. The molecule has 4 bridgehead atoms. The summed E-state index contributed by atoms with van der Waals surface area (Å²) in [6, 6.07) is 20.6. The van der Waals surface area contributed by atoms with Crippen molar-refractivity contribution in [3.63, 3.8) is 0 Å². The maximum atomic E-state index is 13.1. The average molecular weight is 407 g/mol. The smallest absolute Gasteiger partial charge is 0.248 e. The molecule has 0 aromatic heterocycles. The lowest BCUT2D eigenvalue weighted by Crippen LogP contribution is -2.14. The van der Waals surface area contributed by atoms with E-state index in [1.807, 2.05) is 42.5 Å². The van der Waals surface area contributed by atoms with Crippen LogP contribution in [0.5, 0.6) is 0 Å². The second-order valence-corrected chi connectivity index (χ2v) is 7.99. The number of benzene rings is 3. The molecule has 1 heterocycles. The molecule has 4 N–H and O–H groups in total. The molecule has 0 fully saturated rings. The Kier molecular flexibility index (Phi) is 5.59. The molecule has 7 heteroatoms. The number of anilines is 2. The van der Waals surface area contributed by atoms with Crippen molar-refractivity contribution < 1.29 is 13.7 Å². The van der Waals surface area contributed by atoms with Gasteiger partial charge < -0.3 is 20.5 Å². The number of carbonyl (C=O) groups is 1. The third kappa shape index (κ3) is 4.64. The van der Waals surface area contributed by atoms with Crippen LogP contribution in [-0.2, 0) is 35.5 Å². The molecule has 6 nitrogen and oxygen atoms in total. The number of hydrogen-bond acceptors (Lipinski definition) is 4. The lowest BCUT2D eigenvalue weighted by Gasteiger charge is -2.14. The normalized spacial score (nSPS) is 16.3. The third-order valence-electron chi connectivity index (χ3n) is 4.62. The Balaban J connectivity index is 1.75. The first kappa shape index (κ1) is 19.2. The van der Waals surface area contributed by atoms with Crippen LogP contribution in [0.1, 0.15) is 27.0 Å². The molecule has 0 radical (unpaired) electrons. The Morgan fingerprint density at radius 3 is 2.45 bits per heavy atom. The van der Waals surface area contributed by atoms with Crippen molar-refractivity contribution in [1.82, 2.24) is 0 Å². The molecular weight excluding hydrogens is 386 g/mol. The molecule has 3 aromatic rings. The van der Waals surface area contributed by atoms with Crippen LogP contribution < -0.4 is 15.8 Å². The summed E-state index contributed by atoms with van der Waals surface area (Å²) in [4.78, 5) is 12.1. The number of primary amides is 1. The van der Waals surface area contributed by atoms with E-state index >= 15 is 0 Å². The van der Waals surface area contributed by atoms with E-state index in [1.165, 1.54) is 0 Å². The molecule has 0 aliphatic carbocycles. The Morgan fingerprint density at radius 2 is 1.66 bits per heavy atom. The molecule has 1 amide bonds. The van der Waals surface area contributed by atoms with Gasteiger partial charge >= 0.3 is 0 Å². The van der Waals surface area contributed by atoms with Gasteiger partial charge in [0.2, 0.25) is 5.91 Å². The van der Waals surface area contributed by atoms with E-state index in [4.69, 9.17) is 10.5 Å². The first-order valence-electron chi connectivity index (χ1n) is 9.19. The zero-order chi connectivity index (χ0) is 20.2. The van der Waals surface area contributed by atoms with Gasteiger partial charge in [0.05, 0.1) is 23.8 Å². The van der Waals surface area contributed by atoms with Crippen molar-refractivity contribution in [2.24, 2.45) is 5.73 Å². The maximum absolute atomic E-state index is 13.1. The summed E-state index contributed by atoms with van der Waals surface area (Å²) < 4.78 is 21.9. The van der Waals surface area contributed by atoms with E-state index in [1.54, 1.807) is 18.2 Å². The van der Waals surface area contributed by atoms with Crippen molar-refractivity contribution in [1.29, 1.82) is 0 Å². The molecule has 0 saturated heterocycles. The molecule has 4 rings (SSSR count). The van der Waals surface area contributed by atoms with Gasteiger partial charge in [0.1, 0.15) is 0 Å². The largest absolute Gasteiger partial charge is 0.380 e. The van der Waals surface area contributed by atoms with Crippen molar-refractivity contribution in [2.45, 2.75) is 24.7 Å². The van der Waals surface area contributed by atoms with Crippen molar-refractivity contribution in [3.8, 4) is 0 Å². The lowest BCUT2D eigenvalue weighted by molar-refractivity contribution is 0.1000. The maximum Gasteiger partial charge on any atom is 0.248 e. The summed E-state index contributed by atoms with van der Waals surface area (Å²) in [5, 5.41) is 3.32. The molecule has 0 saturated carbocycles. The van der Waals surface area contributed by atoms with E-state index in [2.05, 4.69) is 16.1 Å². The van der Waals surface area contributed by atoms with Crippen LogP contribution >= 0.6 is 0 Å². The van der Waals surface area contributed by atoms with Gasteiger partial charge in [0.15, 0.2) is 11.0 Å². The Morgan fingerprint density at radius 1 is 0.931 bits per heavy atom. The number of rotatable bonds is 1. The molecular formula is C22H21N3O3S. The number of ether oxygens (including phenoxy) is 1. The molecule has 0 spiro atoms. The van der Waals surface area contributed by atoms with Crippen LogP contribution in [0.3, 0.4) is 0 Å². The molecule has 29 heavy (non-hydrogen) atoms. The van der Waals surface area contributed by atoms with Crippen molar-refractivity contribution >= 4 is 28.3 Å². The van der Waals surface area contributed by atoms with Crippen LogP contribution in [0.25, 0.3) is 0 Å². The van der Waals surface area contributed by atoms with E-state index in [0.717, 1.165) is 16.7 Å². The van der Waals surface area contributed by atoms with Crippen LogP contribution in [-0.4, -0.2) is 10.1 Å². The molecule has 148 valence electrons. The van der Waals surface area contributed by atoms with E-state index in [0.29, 0.717) is 41.6 Å². The topological polar surface area (TPSA) is 93.5 Å². The monoisotopic (exact) mass is 407 g/mol. The molecule has 1 atom stereocenters. The second kappa shape index (κ2) is 8.46. The van der Waals surface area contributed by atoms with E-state index < -0.39 is 16.9 Å². The fraction of sp³-hybridized carbons (Fsp3) is 0.136. The average Bonchev–Trinajstić information content (AvgIpc) is 2.72. The summed E-state index contributed by atoms with van der Waals surface area (Å²) in [5.41, 5.74) is 10.2. The highest BCUT2D eigenvalue weighted by molar-refractivity contribution is 7.86. The van der Waals surface area contributed by atoms with Gasteiger partial charge in [-0.1, -0.05) is 36.4 Å². The third-order valence-corrected chi connectivity index (χ3v) is 5.77. The van der Waals surface area contributed by atoms with Gasteiger partial charge in [-0.3, -0.25) is 4.79 Å². The minimum atomic E-state index is -1.59. The zero-order valence-electron chi connectivity index (χ0n) is 15.7. The quantitative estimate of drug-likeness (QED) is 0.575. The van der Waals surface area contributed by atoms with Gasteiger partial charge in [0.25, 0.3) is 0 Å². The van der Waals surface area contributed by atoms with Crippen LogP contribution in [0.15, 0.2) is 71.6 Å². The Hall–Kier alpha value is -3.16. The summed E-state index contributed by atoms with van der Waals surface area (Å²) in [6.45, 7) is 1.50. The minimum absolute atomic E-state index is 0.308. The fourth-order valence-electron chi connectivity index (χ4n) is 3.18. The van der Waals surface area contributed by atoms with Gasteiger partial charge in [-0.2, -0.15) is 0 Å². The van der Waals surface area contributed by atoms with Crippen LogP contribution in [0.2, 0.25) is 0 Å². The number of amides is 1. The van der Waals surface area contributed by atoms with Gasteiger partial charge in [-0.15, -0.1) is 0 Å². The van der Waals surface area contributed by atoms with Crippen molar-refractivity contribution in [2.75, 3.05) is 10.0 Å². The predicted molar refractivity (Wildman–Crippen MR) is 114 cm³/mol. The van der Waals surface area contributed by atoms with Crippen LogP contribution in [0.4, 0.5) is 11.4 Å². The summed E-state index contributed by atoms with van der Waals surface area (Å²) in [6.07, 6.45) is 0.